The molecule has 0 aliphatic carbocycles. The van der Waals surface area contributed by atoms with Crippen LogP contribution in [0.15, 0.2) is 18.3 Å². The molecule has 2 unspecified atom stereocenters. The van der Waals surface area contributed by atoms with Crippen LogP contribution < -0.4 is 15.5 Å². The first-order chi connectivity index (χ1) is 10.6. The highest BCUT2D eigenvalue weighted by Gasteiger charge is 2.42. The second-order valence-corrected chi connectivity index (χ2v) is 5.81. The Hall–Kier alpha value is -1.25. The van der Waals surface area contributed by atoms with Gasteiger partial charge in [-0.3, -0.25) is 10.1 Å². The summed E-state index contributed by atoms with van der Waals surface area (Å²) >= 11 is 0. The summed E-state index contributed by atoms with van der Waals surface area (Å²) in [6, 6.07) is 3.02. The van der Waals surface area contributed by atoms with Gasteiger partial charge in [-0.05, 0) is 25.0 Å². The van der Waals surface area contributed by atoms with Crippen molar-refractivity contribution < 1.29 is 13.6 Å². The molecule has 10 heteroatoms. The second-order valence-electron chi connectivity index (χ2n) is 5.81. The van der Waals surface area contributed by atoms with E-state index in [-0.39, 0.29) is 36.8 Å². The molecule has 0 aromatic carbocycles. The van der Waals surface area contributed by atoms with Gasteiger partial charge in [-0.2, -0.15) is 5.10 Å². The number of amides is 1. The van der Waals surface area contributed by atoms with Crippen molar-refractivity contribution in [3.63, 3.8) is 0 Å². The van der Waals surface area contributed by atoms with Crippen LogP contribution in [0.5, 0.6) is 0 Å². The zero-order valence-electron chi connectivity index (χ0n) is 13.0. The van der Waals surface area contributed by atoms with Crippen molar-refractivity contribution in [2.45, 2.75) is 37.3 Å². The van der Waals surface area contributed by atoms with E-state index in [9.17, 15) is 13.6 Å². The number of nitrogens with one attached hydrogen (secondary N) is 2. The molecule has 2 saturated heterocycles. The summed E-state index contributed by atoms with van der Waals surface area (Å²) < 4.78 is 26.2. The molecule has 24 heavy (non-hydrogen) atoms. The molecule has 1 aromatic rings. The molecule has 0 saturated carbocycles. The lowest BCUT2D eigenvalue weighted by Gasteiger charge is -2.25. The number of hydrogen-bond donors (Lipinski definition) is 2. The maximum atomic E-state index is 13.1. The maximum Gasteiger partial charge on any atom is 0.262 e. The van der Waals surface area contributed by atoms with Crippen molar-refractivity contribution in [2.24, 2.45) is 0 Å². The topological polar surface area (TPSA) is 70.2 Å². The third-order valence-electron chi connectivity index (χ3n) is 4.17. The van der Waals surface area contributed by atoms with Crippen LogP contribution in [0, 0.1) is 0 Å². The van der Waals surface area contributed by atoms with E-state index in [0.717, 1.165) is 25.2 Å². The van der Waals surface area contributed by atoms with Gasteiger partial charge in [-0.25, -0.2) is 8.78 Å². The molecular formula is C14H21Cl2F2N5O. The summed E-state index contributed by atoms with van der Waals surface area (Å²) in [5.41, 5.74) is 0. The van der Waals surface area contributed by atoms with Crippen LogP contribution in [0.2, 0.25) is 0 Å². The van der Waals surface area contributed by atoms with Crippen molar-refractivity contribution in [3.05, 3.63) is 18.3 Å². The summed E-state index contributed by atoms with van der Waals surface area (Å²) in [5.74, 6) is -2.37. The van der Waals surface area contributed by atoms with Gasteiger partial charge in [0.15, 0.2) is 5.82 Å². The number of rotatable bonds is 4. The Bertz CT molecular complexity index is 537. The summed E-state index contributed by atoms with van der Waals surface area (Å²) in [6.45, 7) is 0.860. The predicted octanol–water partition coefficient (Wildman–Crippen LogP) is 1.40. The fourth-order valence-corrected chi connectivity index (χ4v) is 3.04. The van der Waals surface area contributed by atoms with E-state index in [1.54, 1.807) is 6.20 Å². The monoisotopic (exact) mass is 383 g/mol. The van der Waals surface area contributed by atoms with Gasteiger partial charge >= 0.3 is 0 Å². The van der Waals surface area contributed by atoms with E-state index in [0.29, 0.717) is 6.54 Å². The minimum absolute atomic E-state index is 0. The van der Waals surface area contributed by atoms with Gasteiger partial charge in [0.05, 0.1) is 12.6 Å². The number of hydrogen-bond acceptors (Lipinski definition) is 5. The third kappa shape index (κ3) is 4.87. The number of aromatic nitrogens is 2. The highest BCUT2D eigenvalue weighted by molar-refractivity contribution is 5.85. The van der Waals surface area contributed by atoms with Crippen molar-refractivity contribution in [1.82, 2.24) is 20.8 Å². The molecule has 6 nitrogen and oxygen atoms in total. The quantitative estimate of drug-likeness (QED) is 0.822. The maximum absolute atomic E-state index is 13.1. The standard InChI is InChI=1S/C14H19F2N5O.2ClH/c15-14(16)7-11(18-9-14)13(22)17-8-10-3-2-6-21(10)12-4-1-5-19-20-12;;/h1,4-5,10-11,18H,2-3,6-9H2,(H,17,22);2*1H. The predicted molar refractivity (Wildman–Crippen MR) is 91.3 cm³/mol. The number of carbonyl (C=O) groups excluding carboxylic acids is 1. The van der Waals surface area contributed by atoms with Crippen LogP contribution in [0.1, 0.15) is 19.3 Å². The fraction of sp³-hybridized carbons (Fsp3) is 0.643. The van der Waals surface area contributed by atoms with Crippen molar-refractivity contribution in [1.29, 1.82) is 0 Å². The van der Waals surface area contributed by atoms with Crippen molar-refractivity contribution in [2.75, 3.05) is 24.5 Å². The minimum atomic E-state index is -2.79. The van der Waals surface area contributed by atoms with Gasteiger partial charge in [-0.1, -0.05) is 0 Å². The summed E-state index contributed by atoms with van der Waals surface area (Å²) in [4.78, 5) is 14.1. The normalized spacial score (nSPS) is 24.8. The molecule has 1 amide bonds. The van der Waals surface area contributed by atoms with Gasteiger partial charge in [-0.15, -0.1) is 29.9 Å². The van der Waals surface area contributed by atoms with Crippen LogP contribution >= 0.6 is 24.8 Å². The van der Waals surface area contributed by atoms with Crippen LogP contribution in [-0.2, 0) is 4.79 Å². The lowest BCUT2D eigenvalue weighted by Crippen LogP contribution is -2.46. The first-order valence-electron chi connectivity index (χ1n) is 7.48. The SMILES string of the molecule is Cl.Cl.O=C(NCC1CCCN1c1cccnn1)C1CC(F)(F)CN1. The molecule has 0 radical (unpaired) electrons. The Kier molecular flexibility index (Phi) is 7.56. The first-order valence-corrected chi connectivity index (χ1v) is 7.48. The van der Waals surface area contributed by atoms with E-state index < -0.39 is 24.9 Å². The highest BCUT2D eigenvalue weighted by atomic mass is 35.5. The average Bonchev–Trinajstić information content (AvgIpc) is 3.12. The number of carbonyl (C=O) groups is 1. The van der Waals surface area contributed by atoms with Gasteiger partial charge in [0, 0.05) is 31.7 Å². The fourth-order valence-electron chi connectivity index (χ4n) is 3.04. The lowest BCUT2D eigenvalue weighted by atomic mass is 10.1. The Morgan fingerprint density at radius 2 is 2.25 bits per heavy atom. The number of alkyl halides is 2. The average molecular weight is 384 g/mol. The molecule has 0 bridgehead atoms. The van der Waals surface area contributed by atoms with E-state index in [1.165, 1.54) is 0 Å². The van der Waals surface area contributed by atoms with Crippen LogP contribution in [0.4, 0.5) is 14.6 Å². The Morgan fingerprint density at radius 3 is 2.88 bits per heavy atom. The summed E-state index contributed by atoms with van der Waals surface area (Å²) in [6.07, 6.45) is 3.13. The smallest absolute Gasteiger partial charge is 0.262 e. The molecule has 2 N–H and O–H groups in total. The number of nitrogens with zero attached hydrogens (tertiary/aromatic N) is 3. The highest BCUT2D eigenvalue weighted by Crippen LogP contribution is 2.25. The van der Waals surface area contributed by atoms with Crippen LogP contribution in [-0.4, -0.2) is 53.7 Å². The molecule has 3 heterocycles. The molecule has 2 fully saturated rings. The van der Waals surface area contributed by atoms with Gasteiger partial charge in [0.25, 0.3) is 5.92 Å². The molecule has 2 aliphatic rings. The second kappa shape index (κ2) is 8.73. The van der Waals surface area contributed by atoms with E-state index >= 15 is 0 Å². The largest absolute Gasteiger partial charge is 0.353 e. The minimum Gasteiger partial charge on any atom is -0.353 e. The van der Waals surface area contributed by atoms with Gasteiger partial charge in [0.2, 0.25) is 5.91 Å². The van der Waals surface area contributed by atoms with Crippen LogP contribution in [0.3, 0.4) is 0 Å². The van der Waals surface area contributed by atoms with E-state index in [2.05, 4.69) is 25.7 Å². The summed E-state index contributed by atoms with van der Waals surface area (Å²) in [7, 11) is 0. The first kappa shape index (κ1) is 20.8. The summed E-state index contributed by atoms with van der Waals surface area (Å²) in [5, 5.41) is 13.3. The Balaban J connectivity index is 0.00000144. The number of anilines is 1. The number of halogens is 4. The van der Waals surface area contributed by atoms with Gasteiger partial charge in [0.1, 0.15) is 0 Å². The molecular weight excluding hydrogens is 363 g/mol. The van der Waals surface area contributed by atoms with E-state index in [4.69, 9.17) is 0 Å². The molecule has 136 valence electrons. The Labute approximate surface area is 151 Å². The zero-order valence-corrected chi connectivity index (χ0v) is 14.6. The molecule has 1 aromatic heterocycles. The molecule has 2 atom stereocenters. The lowest BCUT2D eigenvalue weighted by molar-refractivity contribution is -0.123. The molecule has 3 rings (SSSR count). The molecule has 2 aliphatic heterocycles. The van der Waals surface area contributed by atoms with Crippen molar-refractivity contribution >= 4 is 36.5 Å². The molecule has 0 spiro atoms. The van der Waals surface area contributed by atoms with Gasteiger partial charge < -0.3 is 10.2 Å². The third-order valence-corrected chi connectivity index (χ3v) is 4.17. The zero-order chi connectivity index (χ0) is 15.6. The Morgan fingerprint density at radius 1 is 1.46 bits per heavy atom. The van der Waals surface area contributed by atoms with Crippen molar-refractivity contribution in [3.8, 4) is 0 Å². The van der Waals surface area contributed by atoms with Crippen LogP contribution in [0.25, 0.3) is 0 Å². The van der Waals surface area contributed by atoms with E-state index in [1.807, 2.05) is 12.1 Å².